The Balaban J connectivity index is 1.64. The van der Waals surface area contributed by atoms with Crippen molar-refractivity contribution in [3.8, 4) is 23.1 Å². The number of anilines is 1. The van der Waals surface area contributed by atoms with Gasteiger partial charge >= 0.3 is 12.2 Å². The molecule has 0 bridgehead atoms. The van der Waals surface area contributed by atoms with Gasteiger partial charge in [-0.1, -0.05) is 24.3 Å². The summed E-state index contributed by atoms with van der Waals surface area (Å²) >= 11 is 0. The van der Waals surface area contributed by atoms with Crippen LogP contribution in [0.4, 0.5) is 23.2 Å². The Hall–Kier alpha value is -4.21. The van der Waals surface area contributed by atoms with Crippen LogP contribution in [-0.2, 0) is 6.18 Å². The number of nitrogens with zero attached hydrogens (tertiary/aromatic N) is 3. The average Bonchev–Trinajstić information content (AvgIpc) is 3.22. The van der Waals surface area contributed by atoms with Crippen molar-refractivity contribution >= 4 is 11.6 Å². The first kappa shape index (κ1) is 23.9. The smallest absolute Gasteiger partial charge is 0.416 e. The zero-order chi connectivity index (χ0) is 25.2. The number of hydrogen-bond acceptors (Lipinski definition) is 4. The van der Waals surface area contributed by atoms with Crippen molar-refractivity contribution in [3.63, 3.8) is 0 Å². The predicted molar refractivity (Wildman–Crippen MR) is 122 cm³/mol. The average molecular weight is 484 g/mol. The summed E-state index contributed by atoms with van der Waals surface area (Å²) in [6.45, 7) is 3.59. The lowest BCUT2D eigenvalue weighted by Gasteiger charge is -2.10. The van der Waals surface area contributed by atoms with Crippen LogP contribution in [0, 0.1) is 5.82 Å². The van der Waals surface area contributed by atoms with Crippen LogP contribution in [0.3, 0.4) is 0 Å². The van der Waals surface area contributed by atoms with Gasteiger partial charge in [0.05, 0.1) is 22.9 Å². The zero-order valence-corrected chi connectivity index (χ0v) is 18.7. The van der Waals surface area contributed by atoms with Gasteiger partial charge in [0.15, 0.2) is 5.82 Å². The second-order valence-electron chi connectivity index (χ2n) is 7.85. The number of hydrogen-bond donors (Lipinski definition) is 1. The molecule has 180 valence electrons. The summed E-state index contributed by atoms with van der Waals surface area (Å²) in [5, 5.41) is 6.96. The van der Waals surface area contributed by atoms with Gasteiger partial charge in [-0.25, -0.2) is 9.07 Å². The summed E-state index contributed by atoms with van der Waals surface area (Å²) in [7, 11) is 0. The number of nitrogens with one attached hydrogen (secondary N) is 1. The first-order chi connectivity index (χ1) is 16.6. The van der Waals surface area contributed by atoms with E-state index in [0.717, 1.165) is 12.1 Å². The quantitative estimate of drug-likeness (QED) is 0.334. The Bertz CT molecular complexity index is 1330. The zero-order valence-electron chi connectivity index (χ0n) is 18.7. The lowest BCUT2D eigenvalue weighted by Crippen LogP contribution is -2.13. The van der Waals surface area contributed by atoms with E-state index < -0.39 is 23.5 Å². The van der Waals surface area contributed by atoms with Crippen molar-refractivity contribution in [2.45, 2.75) is 26.1 Å². The molecule has 3 aromatic carbocycles. The van der Waals surface area contributed by atoms with Crippen LogP contribution in [-0.4, -0.2) is 26.8 Å². The molecule has 0 unspecified atom stereocenters. The first-order valence-corrected chi connectivity index (χ1v) is 10.6. The number of halogens is 4. The molecule has 10 heteroatoms. The van der Waals surface area contributed by atoms with Crippen molar-refractivity contribution in [3.05, 3.63) is 89.7 Å². The van der Waals surface area contributed by atoms with E-state index in [9.17, 15) is 22.4 Å². The number of carbonyl (C=O) groups is 1. The molecule has 4 rings (SSSR count). The fourth-order valence-corrected chi connectivity index (χ4v) is 3.26. The maximum Gasteiger partial charge on any atom is 0.416 e. The first-order valence-electron chi connectivity index (χ1n) is 10.6. The van der Waals surface area contributed by atoms with Gasteiger partial charge in [-0.3, -0.25) is 4.79 Å². The van der Waals surface area contributed by atoms with E-state index >= 15 is 0 Å². The summed E-state index contributed by atoms with van der Waals surface area (Å²) in [6.07, 6.45) is -4.68. The Morgan fingerprint density at radius 1 is 0.971 bits per heavy atom. The van der Waals surface area contributed by atoms with Gasteiger partial charge in [-0.05, 0) is 62.4 Å². The van der Waals surface area contributed by atoms with Gasteiger partial charge < -0.3 is 10.1 Å². The summed E-state index contributed by atoms with van der Waals surface area (Å²) in [6, 6.07) is 16.7. The van der Waals surface area contributed by atoms with Crippen LogP contribution in [0.5, 0.6) is 6.01 Å². The molecular formula is C25H20F4N4O2. The molecule has 0 radical (unpaired) electrons. The highest BCUT2D eigenvalue weighted by atomic mass is 19.4. The van der Waals surface area contributed by atoms with Crippen molar-refractivity contribution in [1.82, 2.24) is 14.8 Å². The molecule has 0 aliphatic rings. The molecule has 0 aliphatic heterocycles. The summed E-state index contributed by atoms with van der Waals surface area (Å²) < 4.78 is 59.8. The minimum absolute atomic E-state index is 0.0619. The third-order valence-electron chi connectivity index (χ3n) is 4.89. The number of benzene rings is 3. The van der Waals surface area contributed by atoms with E-state index in [4.69, 9.17) is 4.74 Å². The van der Waals surface area contributed by atoms with Gasteiger partial charge in [0.25, 0.3) is 5.91 Å². The maximum absolute atomic E-state index is 13.9. The molecule has 35 heavy (non-hydrogen) atoms. The lowest BCUT2D eigenvalue weighted by atomic mass is 10.1. The normalized spacial score (nSPS) is 11.5. The molecule has 1 amide bonds. The van der Waals surface area contributed by atoms with Gasteiger partial charge in [0, 0.05) is 11.3 Å². The SMILES string of the molecule is CC(C)Oc1nc(-c2ccc(C(F)(F)F)cc2)n(-c2ccc(NC(=O)c3ccccc3F)cc2)n1. The second kappa shape index (κ2) is 9.57. The number of amides is 1. The summed E-state index contributed by atoms with van der Waals surface area (Å²) in [5.41, 5.74) is 0.474. The van der Waals surface area contributed by atoms with E-state index in [1.165, 1.54) is 35.0 Å². The Morgan fingerprint density at radius 3 is 2.23 bits per heavy atom. The molecule has 0 atom stereocenters. The van der Waals surface area contributed by atoms with Crippen LogP contribution in [0.15, 0.2) is 72.8 Å². The lowest BCUT2D eigenvalue weighted by molar-refractivity contribution is -0.137. The van der Waals surface area contributed by atoms with Crippen LogP contribution in [0.25, 0.3) is 17.1 Å². The monoisotopic (exact) mass is 484 g/mol. The van der Waals surface area contributed by atoms with Crippen molar-refractivity contribution in [2.24, 2.45) is 0 Å². The van der Waals surface area contributed by atoms with Crippen LogP contribution in [0.1, 0.15) is 29.8 Å². The number of rotatable bonds is 6. The van der Waals surface area contributed by atoms with Gasteiger partial charge in [0.1, 0.15) is 5.82 Å². The minimum atomic E-state index is -4.46. The van der Waals surface area contributed by atoms with E-state index in [-0.39, 0.29) is 23.5 Å². The Morgan fingerprint density at radius 2 is 1.63 bits per heavy atom. The molecule has 6 nitrogen and oxygen atoms in total. The number of alkyl halides is 3. The van der Waals surface area contributed by atoms with E-state index in [1.807, 2.05) is 0 Å². The molecule has 0 spiro atoms. The van der Waals surface area contributed by atoms with Crippen LogP contribution < -0.4 is 10.1 Å². The minimum Gasteiger partial charge on any atom is -0.460 e. The van der Waals surface area contributed by atoms with Crippen molar-refractivity contribution in [2.75, 3.05) is 5.32 Å². The molecule has 1 N–H and O–H groups in total. The fraction of sp³-hybridized carbons (Fsp3) is 0.160. The molecule has 0 fully saturated rings. The molecule has 4 aromatic rings. The van der Waals surface area contributed by atoms with E-state index in [0.29, 0.717) is 16.9 Å². The van der Waals surface area contributed by atoms with Gasteiger partial charge in [-0.15, -0.1) is 5.10 Å². The standard InChI is InChI=1S/C25H20F4N4O2/c1-15(2)35-24-31-22(16-7-9-17(10-8-16)25(27,28)29)33(32-24)19-13-11-18(12-14-19)30-23(34)20-5-3-4-6-21(20)26/h3-15H,1-2H3,(H,30,34). The van der Waals surface area contributed by atoms with Crippen molar-refractivity contribution < 1.29 is 27.1 Å². The summed E-state index contributed by atoms with van der Waals surface area (Å²) in [4.78, 5) is 16.7. The molecule has 0 saturated heterocycles. The summed E-state index contributed by atoms with van der Waals surface area (Å²) in [5.74, 6) is -0.963. The second-order valence-corrected chi connectivity index (χ2v) is 7.85. The highest BCUT2D eigenvalue weighted by Crippen LogP contribution is 2.31. The third-order valence-corrected chi connectivity index (χ3v) is 4.89. The Labute approximate surface area is 198 Å². The molecule has 1 aromatic heterocycles. The molecule has 1 heterocycles. The van der Waals surface area contributed by atoms with Crippen LogP contribution >= 0.6 is 0 Å². The molecule has 0 aliphatic carbocycles. The number of carbonyl (C=O) groups excluding carboxylic acids is 1. The van der Waals surface area contributed by atoms with E-state index in [1.54, 1.807) is 44.2 Å². The predicted octanol–water partition coefficient (Wildman–Crippen LogP) is 6.13. The fourth-order valence-electron chi connectivity index (χ4n) is 3.26. The van der Waals surface area contributed by atoms with Gasteiger partial charge in [-0.2, -0.15) is 18.2 Å². The topological polar surface area (TPSA) is 69.0 Å². The maximum atomic E-state index is 13.9. The highest BCUT2D eigenvalue weighted by molar-refractivity contribution is 6.04. The largest absolute Gasteiger partial charge is 0.460 e. The molecular weight excluding hydrogens is 464 g/mol. The number of aromatic nitrogens is 3. The highest BCUT2D eigenvalue weighted by Gasteiger charge is 2.30. The van der Waals surface area contributed by atoms with Crippen molar-refractivity contribution in [1.29, 1.82) is 0 Å². The Kier molecular flexibility index (Phi) is 6.54. The van der Waals surface area contributed by atoms with Crippen LogP contribution in [0.2, 0.25) is 0 Å². The molecule has 0 saturated carbocycles. The van der Waals surface area contributed by atoms with E-state index in [2.05, 4.69) is 15.4 Å². The third kappa shape index (κ3) is 5.48. The number of ether oxygens (including phenoxy) is 1. The van der Waals surface area contributed by atoms with Gasteiger partial charge in [0.2, 0.25) is 0 Å².